The van der Waals surface area contributed by atoms with Gasteiger partial charge in [-0.25, -0.2) is 12.7 Å². The number of sulfonamides is 1. The van der Waals surface area contributed by atoms with Crippen LogP contribution >= 0.6 is 0 Å². The van der Waals surface area contributed by atoms with Crippen molar-refractivity contribution in [2.45, 2.75) is 37.0 Å². The van der Waals surface area contributed by atoms with E-state index in [-0.39, 0.29) is 11.9 Å². The number of hydrogen-bond acceptors (Lipinski definition) is 4. The quantitative estimate of drug-likeness (QED) is 0.910. The van der Waals surface area contributed by atoms with Gasteiger partial charge in [-0.3, -0.25) is 0 Å². The van der Waals surface area contributed by atoms with E-state index >= 15 is 0 Å². The summed E-state index contributed by atoms with van der Waals surface area (Å²) in [6.07, 6.45) is 2.23. The van der Waals surface area contributed by atoms with Crippen LogP contribution < -0.4 is 0 Å². The van der Waals surface area contributed by atoms with Crippen LogP contribution in [-0.2, 0) is 21.4 Å². The van der Waals surface area contributed by atoms with E-state index in [4.69, 9.17) is 4.74 Å². The molecule has 1 atom stereocenters. The first kappa shape index (κ1) is 15.9. The van der Waals surface area contributed by atoms with E-state index in [1.807, 2.05) is 24.3 Å². The van der Waals surface area contributed by atoms with E-state index in [0.29, 0.717) is 38.6 Å². The van der Waals surface area contributed by atoms with Crippen molar-refractivity contribution in [2.24, 2.45) is 0 Å². The molecule has 2 fully saturated rings. The van der Waals surface area contributed by atoms with Crippen LogP contribution in [0.3, 0.4) is 0 Å². The molecule has 122 valence electrons. The average Bonchev–Trinajstić information content (AvgIpc) is 3.10. The predicted molar refractivity (Wildman–Crippen MR) is 84.1 cm³/mol. The molecule has 0 spiro atoms. The summed E-state index contributed by atoms with van der Waals surface area (Å²) in [4.78, 5) is 0. The largest absolute Gasteiger partial charge is 0.392 e. The molecule has 3 rings (SSSR count). The van der Waals surface area contributed by atoms with Crippen LogP contribution in [-0.4, -0.2) is 49.4 Å². The van der Waals surface area contributed by atoms with E-state index in [2.05, 4.69) is 0 Å². The van der Waals surface area contributed by atoms with Crippen molar-refractivity contribution >= 4 is 10.0 Å². The fraction of sp³-hybridized carbons (Fsp3) is 0.625. The van der Waals surface area contributed by atoms with E-state index in [1.165, 1.54) is 0 Å². The summed E-state index contributed by atoms with van der Waals surface area (Å²) in [5.41, 5.74) is 2.11. The number of rotatable bonds is 4. The molecule has 22 heavy (non-hydrogen) atoms. The molecule has 0 radical (unpaired) electrons. The average molecular weight is 325 g/mol. The van der Waals surface area contributed by atoms with Gasteiger partial charge in [-0.05, 0) is 36.3 Å². The number of ether oxygens (including phenoxy) is 1. The molecule has 1 N–H and O–H groups in total. The van der Waals surface area contributed by atoms with Crippen LogP contribution in [0, 0.1) is 0 Å². The number of aliphatic hydroxyl groups is 1. The lowest BCUT2D eigenvalue weighted by molar-refractivity contribution is 0.197. The van der Waals surface area contributed by atoms with Gasteiger partial charge in [0.25, 0.3) is 0 Å². The third kappa shape index (κ3) is 3.06. The Morgan fingerprint density at radius 3 is 2.55 bits per heavy atom. The molecule has 2 heterocycles. The second-order valence-corrected chi connectivity index (χ2v) is 8.27. The minimum Gasteiger partial charge on any atom is -0.392 e. The molecular formula is C16H23NO4S. The Morgan fingerprint density at radius 2 is 1.91 bits per heavy atom. The van der Waals surface area contributed by atoms with E-state index in [1.54, 1.807) is 4.31 Å². The first-order chi connectivity index (χ1) is 10.6. The molecule has 0 aliphatic carbocycles. The molecule has 6 heteroatoms. The summed E-state index contributed by atoms with van der Waals surface area (Å²) in [5, 5.41) is 9.09. The van der Waals surface area contributed by atoms with Gasteiger partial charge in [0.05, 0.1) is 13.2 Å². The third-order valence-corrected chi connectivity index (χ3v) is 7.09. The topological polar surface area (TPSA) is 66.8 Å². The fourth-order valence-corrected chi connectivity index (χ4v) is 5.26. The van der Waals surface area contributed by atoms with Gasteiger partial charge in [-0.2, -0.15) is 0 Å². The van der Waals surface area contributed by atoms with Gasteiger partial charge in [0.2, 0.25) is 10.0 Å². The molecular weight excluding hydrogens is 302 g/mol. The highest BCUT2D eigenvalue weighted by molar-refractivity contribution is 7.89. The first-order valence-corrected chi connectivity index (χ1v) is 9.38. The van der Waals surface area contributed by atoms with Gasteiger partial charge in [0.15, 0.2) is 0 Å². The van der Waals surface area contributed by atoms with Crippen molar-refractivity contribution in [1.29, 1.82) is 0 Å². The Morgan fingerprint density at radius 1 is 1.18 bits per heavy atom. The molecule has 0 saturated carbocycles. The number of nitrogens with zero attached hydrogens (tertiary/aromatic N) is 1. The van der Waals surface area contributed by atoms with Crippen LogP contribution in [0.2, 0.25) is 0 Å². The normalized spacial score (nSPS) is 24.7. The zero-order chi connectivity index (χ0) is 15.6. The zero-order valence-electron chi connectivity index (χ0n) is 12.6. The number of benzene rings is 1. The van der Waals surface area contributed by atoms with E-state index in [9.17, 15) is 13.5 Å². The summed E-state index contributed by atoms with van der Waals surface area (Å²) in [7, 11) is -3.22. The first-order valence-electron chi connectivity index (χ1n) is 7.88. The SMILES string of the molecule is O=S(=O)(C1CCOC1)N1CCC(c2ccccc2CO)CC1. The Labute approximate surface area is 131 Å². The van der Waals surface area contributed by atoms with Crippen molar-refractivity contribution in [2.75, 3.05) is 26.3 Å². The van der Waals surface area contributed by atoms with Gasteiger partial charge < -0.3 is 9.84 Å². The summed E-state index contributed by atoms with van der Waals surface area (Å²) >= 11 is 0. The molecule has 2 saturated heterocycles. The second-order valence-electron chi connectivity index (χ2n) is 6.06. The van der Waals surface area contributed by atoms with Crippen molar-refractivity contribution in [1.82, 2.24) is 4.31 Å². The lowest BCUT2D eigenvalue weighted by Crippen LogP contribution is -2.43. The molecule has 2 aliphatic rings. The van der Waals surface area contributed by atoms with Gasteiger partial charge in [0.1, 0.15) is 5.25 Å². The molecule has 0 amide bonds. The lowest BCUT2D eigenvalue weighted by atomic mass is 9.87. The monoisotopic (exact) mass is 325 g/mol. The van der Waals surface area contributed by atoms with E-state index in [0.717, 1.165) is 24.0 Å². The number of hydrogen-bond donors (Lipinski definition) is 1. The minimum atomic E-state index is -3.22. The third-order valence-electron chi connectivity index (χ3n) is 4.79. The molecule has 1 aromatic rings. The minimum absolute atomic E-state index is 0.0358. The Bertz CT molecular complexity index is 602. The van der Waals surface area contributed by atoms with Crippen LogP contribution in [0.4, 0.5) is 0 Å². The smallest absolute Gasteiger partial charge is 0.219 e. The number of piperidine rings is 1. The highest BCUT2D eigenvalue weighted by Crippen LogP contribution is 2.32. The lowest BCUT2D eigenvalue weighted by Gasteiger charge is -2.33. The van der Waals surface area contributed by atoms with Gasteiger partial charge in [-0.1, -0.05) is 24.3 Å². The van der Waals surface area contributed by atoms with Gasteiger partial charge in [0, 0.05) is 19.7 Å². The predicted octanol–water partition coefficient (Wildman–Crippen LogP) is 1.48. The van der Waals surface area contributed by atoms with Gasteiger partial charge in [-0.15, -0.1) is 0 Å². The molecule has 2 aliphatic heterocycles. The molecule has 5 nitrogen and oxygen atoms in total. The molecule has 1 unspecified atom stereocenters. The Kier molecular flexibility index (Phi) is 4.82. The summed E-state index contributed by atoms with van der Waals surface area (Å²) in [6, 6.07) is 7.89. The van der Waals surface area contributed by atoms with Crippen molar-refractivity contribution in [3.05, 3.63) is 35.4 Å². The molecule has 0 bridgehead atoms. The maximum atomic E-state index is 12.6. The number of aliphatic hydroxyl groups excluding tert-OH is 1. The maximum Gasteiger partial charge on any atom is 0.219 e. The second kappa shape index (κ2) is 6.66. The fourth-order valence-electron chi connectivity index (χ4n) is 3.46. The highest BCUT2D eigenvalue weighted by atomic mass is 32.2. The highest BCUT2D eigenvalue weighted by Gasteiger charge is 2.37. The van der Waals surface area contributed by atoms with Gasteiger partial charge >= 0.3 is 0 Å². The maximum absolute atomic E-state index is 12.6. The molecule has 1 aromatic carbocycles. The van der Waals surface area contributed by atoms with Crippen LogP contribution in [0.1, 0.15) is 36.3 Å². The van der Waals surface area contributed by atoms with Crippen molar-refractivity contribution in [3.63, 3.8) is 0 Å². The van der Waals surface area contributed by atoms with Crippen LogP contribution in [0.5, 0.6) is 0 Å². The standard InChI is InChI=1S/C16H23NO4S/c18-11-14-3-1-2-4-16(14)13-5-8-17(9-6-13)22(19,20)15-7-10-21-12-15/h1-4,13,15,18H,5-12H2. The summed E-state index contributed by atoms with van der Waals surface area (Å²) in [6.45, 7) is 2.03. The van der Waals surface area contributed by atoms with Crippen LogP contribution in [0.15, 0.2) is 24.3 Å². The summed E-state index contributed by atoms with van der Waals surface area (Å²) in [5.74, 6) is 0.328. The molecule has 0 aromatic heterocycles. The Balaban J connectivity index is 1.67. The van der Waals surface area contributed by atoms with Crippen molar-refractivity contribution in [3.8, 4) is 0 Å². The Hall–Kier alpha value is -0.950. The van der Waals surface area contributed by atoms with E-state index < -0.39 is 10.0 Å². The van der Waals surface area contributed by atoms with Crippen molar-refractivity contribution < 1.29 is 18.3 Å². The summed E-state index contributed by atoms with van der Waals surface area (Å²) < 4.78 is 32.0. The van der Waals surface area contributed by atoms with Crippen LogP contribution in [0.25, 0.3) is 0 Å². The zero-order valence-corrected chi connectivity index (χ0v) is 13.5.